The maximum atomic E-state index is 16.5. The van der Waals surface area contributed by atoms with Crippen LogP contribution in [0.2, 0.25) is 0 Å². The number of nitrogens with two attached hydrogens (primary N) is 4. The first-order valence-corrected chi connectivity index (χ1v) is 15.7. The minimum atomic E-state index is -2.17. The van der Waals surface area contributed by atoms with Gasteiger partial charge in [0, 0.05) is 25.2 Å². The normalized spacial score (nSPS) is 45.4. The monoisotopic (exact) mass is 654 g/mol. The van der Waals surface area contributed by atoms with Crippen LogP contribution in [0.3, 0.4) is 0 Å². The van der Waals surface area contributed by atoms with E-state index < -0.39 is 104 Å². The summed E-state index contributed by atoms with van der Waals surface area (Å²) in [6.45, 7) is -0.0520. The Balaban J connectivity index is 1.53. The number of rotatable bonds is 12. The van der Waals surface area contributed by atoms with Gasteiger partial charge in [-0.3, -0.25) is 4.79 Å². The van der Waals surface area contributed by atoms with E-state index in [0.717, 1.165) is 25.7 Å². The number of ether oxygens (including phenoxy) is 4. The number of aliphatic hydroxyl groups is 6. The molecule has 0 radical (unpaired) electrons. The zero-order valence-electron chi connectivity index (χ0n) is 25.1. The zero-order valence-corrected chi connectivity index (χ0v) is 25.1. The number of alkyl halides is 1. The van der Waals surface area contributed by atoms with Gasteiger partial charge in [0.25, 0.3) is 0 Å². The van der Waals surface area contributed by atoms with Crippen LogP contribution in [0.5, 0.6) is 0 Å². The van der Waals surface area contributed by atoms with E-state index in [1.165, 1.54) is 0 Å². The largest absolute Gasteiger partial charge is 0.389 e. The Morgan fingerprint density at radius 3 is 2.16 bits per heavy atom. The zero-order chi connectivity index (χ0) is 33.0. The van der Waals surface area contributed by atoms with E-state index in [9.17, 15) is 35.4 Å². The lowest BCUT2D eigenvalue weighted by Crippen LogP contribution is -2.69. The highest BCUT2D eigenvalue weighted by atomic mass is 19.1. The van der Waals surface area contributed by atoms with Crippen molar-refractivity contribution >= 4 is 5.91 Å². The fourth-order valence-corrected chi connectivity index (χ4v) is 6.45. The molecule has 16 atom stereocenters. The van der Waals surface area contributed by atoms with Gasteiger partial charge in [-0.05, 0) is 32.2 Å². The average Bonchev–Trinajstić information content (AvgIpc) is 3.54. The van der Waals surface area contributed by atoms with Crippen LogP contribution >= 0.6 is 0 Å². The summed E-state index contributed by atoms with van der Waals surface area (Å²) in [4.78, 5) is 12.7. The maximum absolute atomic E-state index is 16.5. The van der Waals surface area contributed by atoms with Gasteiger partial charge in [0.1, 0.15) is 54.9 Å². The average molecular weight is 655 g/mol. The predicted octanol–water partition coefficient (Wildman–Crippen LogP) is -5.91. The molecule has 2 saturated heterocycles. The minimum Gasteiger partial charge on any atom is -0.389 e. The van der Waals surface area contributed by atoms with Crippen molar-refractivity contribution in [1.82, 2.24) is 10.6 Å². The van der Waals surface area contributed by atoms with E-state index in [0.29, 0.717) is 0 Å². The third kappa shape index (κ3) is 8.45. The summed E-state index contributed by atoms with van der Waals surface area (Å²) in [5, 5.41) is 68.5. The van der Waals surface area contributed by atoms with Crippen molar-refractivity contribution in [3.8, 4) is 0 Å². The van der Waals surface area contributed by atoms with Crippen LogP contribution in [-0.4, -0.2) is 160 Å². The summed E-state index contributed by atoms with van der Waals surface area (Å²) in [5.74, 6) is -0.859. The number of hydrogen-bond donors (Lipinski definition) is 12. The Hall–Kier alpha value is -1.20. The van der Waals surface area contributed by atoms with Gasteiger partial charge in [0.15, 0.2) is 18.8 Å². The fraction of sp³-hybridized carbons (Fsp3) is 0.963. The molecule has 0 unspecified atom stereocenters. The van der Waals surface area contributed by atoms with Gasteiger partial charge in [0.05, 0.1) is 18.2 Å². The molecule has 2 heterocycles. The SMILES string of the molecule is NCC[C@H](O)C(=O)N[C@@H]1C[C@@H](N)[C@@H](O[C@@H]2O[C@H](CN)[C@@H](O)[C@H](O)[C@H]2O)[C@H](F)[C@@H]1O[C@@H]1O[C@@H](CNC2CCCC2)[C@H](O)[C@@H](N)[C@@H]1O. The van der Waals surface area contributed by atoms with Crippen LogP contribution in [0, 0.1) is 0 Å². The lowest BCUT2D eigenvalue weighted by Gasteiger charge is -2.48. The minimum absolute atomic E-state index is 0.00695. The smallest absolute Gasteiger partial charge is 0.249 e. The molecule has 16 N–H and O–H groups in total. The Kier molecular flexibility index (Phi) is 13.2. The molecule has 17 nitrogen and oxygen atoms in total. The standard InChI is InChI=1S/C27H51FN6O11/c28-16-23(44-27-22(40)21(39)19(37)14(8-30)42-27)11(31)7-12(34-25(41)13(35)5-6-29)24(16)45-26-20(38)17(32)18(36)15(43-26)9-33-10-3-1-2-4-10/h10-24,26-27,33,35-40H,1-9,29-32H2,(H,34,41)/t11-,12-,13+,14-,15+,16+,17-,18+,19-,20+,21+,22-,23-,24-,26+,27+/m1/s1. The lowest BCUT2D eigenvalue weighted by molar-refractivity contribution is -0.326. The first kappa shape index (κ1) is 36.6. The van der Waals surface area contributed by atoms with Crippen molar-refractivity contribution in [3.05, 3.63) is 0 Å². The maximum Gasteiger partial charge on any atom is 0.249 e. The molecule has 4 fully saturated rings. The van der Waals surface area contributed by atoms with Crippen LogP contribution in [0.15, 0.2) is 0 Å². The van der Waals surface area contributed by atoms with Crippen LogP contribution in [-0.2, 0) is 23.7 Å². The second-order valence-corrected chi connectivity index (χ2v) is 12.5. The molecule has 2 saturated carbocycles. The van der Waals surface area contributed by atoms with Crippen LogP contribution in [0.25, 0.3) is 0 Å². The summed E-state index contributed by atoms with van der Waals surface area (Å²) in [5.41, 5.74) is 23.4. The molecule has 0 aromatic carbocycles. The quantitative estimate of drug-likeness (QED) is 0.0932. The molecular weight excluding hydrogens is 603 g/mol. The molecule has 4 rings (SSSR count). The first-order valence-electron chi connectivity index (χ1n) is 15.7. The van der Waals surface area contributed by atoms with Crippen molar-refractivity contribution in [3.63, 3.8) is 0 Å². The number of carbonyl (C=O) groups is 1. The fourth-order valence-electron chi connectivity index (χ4n) is 6.45. The van der Waals surface area contributed by atoms with E-state index in [1.54, 1.807) is 0 Å². The second kappa shape index (κ2) is 16.3. The highest BCUT2D eigenvalue weighted by Crippen LogP contribution is 2.33. The number of aliphatic hydroxyl groups excluding tert-OH is 6. The van der Waals surface area contributed by atoms with Gasteiger partial charge < -0.3 is 83.2 Å². The van der Waals surface area contributed by atoms with Gasteiger partial charge >= 0.3 is 0 Å². The van der Waals surface area contributed by atoms with Crippen molar-refractivity contribution in [2.45, 2.75) is 142 Å². The number of carbonyl (C=O) groups excluding carboxylic acids is 1. The number of hydrogen-bond acceptors (Lipinski definition) is 16. The highest BCUT2D eigenvalue weighted by Gasteiger charge is 2.53. The first-order chi connectivity index (χ1) is 21.4. The second-order valence-electron chi connectivity index (χ2n) is 12.5. The molecule has 4 aliphatic rings. The molecule has 18 heteroatoms. The molecule has 2 aliphatic heterocycles. The van der Waals surface area contributed by atoms with E-state index in [-0.39, 0.29) is 38.5 Å². The van der Waals surface area contributed by atoms with Gasteiger partial charge in [-0.25, -0.2) is 4.39 Å². The summed E-state index contributed by atoms with van der Waals surface area (Å²) >= 11 is 0. The van der Waals surface area contributed by atoms with Crippen molar-refractivity contribution in [2.24, 2.45) is 22.9 Å². The van der Waals surface area contributed by atoms with Gasteiger partial charge in [0.2, 0.25) is 5.91 Å². The summed E-state index contributed by atoms with van der Waals surface area (Å²) in [7, 11) is 0. The van der Waals surface area contributed by atoms with E-state index >= 15 is 4.39 Å². The molecule has 262 valence electrons. The van der Waals surface area contributed by atoms with Crippen LogP contribution in [0.4, 0.5) is 4.39 Å². The topological polar surface area (TPSA) is 304 Å². The Bertz CT molecular complexity index is 942. The predicted molar refractivity (Wildman–Crippen MR) is 153 cm³/mol. The molecule has 0 aromatic rings. The molecule has 2 aliphatic carbocycles. The molecular formula is C27H51FN6O11. The third-order valence-electron chi connectivity index (χ3n) is 9.25. The molecule has 45 heavy (non-hydrogen) atoms. The van der Waals surface area contributed by atoms with Gasteiger partial charge in [-0.1, -0.05) is 12.8 Å². The van der Waals surface area contributed by atoms with E-state index in [4.69, 9.17) is 41.9 Å². The number of nitrogens with one attached hydrogen (secondary N) is 2. The van der Waals surface area contributed by atoms with Crippen molar-refractivity contribution in [1.29, 1.82) is 0 Å². The summed E-state index contributed by atoms with van der Waals surface area (Å²) < 4.78 is 39.6. The third-order valence-corrected chi connectivity index (χ3v) is 9.25. The summed E-state index contributed by atoms with van der Waals surface area (Å²) in [6.07, 6.45) is -16.2. The van der Waals surface area contributed by atoms with E-state index in [1.807, 2.05) is 0 Å². The van der Waals surface area contributed by atoms with Crippen molar-refractivity contribution < 1.29 is 58.8 Å². The molecule has 1 amide bonds. The molecule has 0 spiro atoms. The van der Waals surface area contributed by atoms with Gasteiger partial charge in [-0.15, -0.1) is 0 Å². The molecule has 0 bridgehead atoms. The Labute approximate surface area is 260 Å². The van der Waals surface area contributed by atoms with Crippen LogP contribution in [0.1, 0.15) is 38.5 Å². The van der Waals surface area contributed by atoms with E-state index in [2.05, 4.69) is 10.6 Å². The number of halogens is 1. The van der Waals surface area contributed by atoms with Gasteiger partial charge in [-0.2, -0.15) is 0 Å². The van der Waals surface area contributed by atoms with Crippen LogP contribution < -0.4 is 33.6 Å². The summed E-state index contributed by atoms with van der Waals surface area (Å²) in [6, 6.07) is -3.31. The van der Waals surface area contributed by atoms with Crippen molar-refractivity contribution in [2.75, 3.05) is 19.6 Å². The molecule has 0 aromatic heterocycles. The Morgan fingerprint density at radius 2 is 1.51 bits per heavy atom. The number of amides is 1. The Morgan fingerprint density at radius 1 is 0.889 bits per heavy atom. The highest BCUT2D eigenvalue weighted by molar-refractivity contribution is 5.80. The lowest BCUT2D eigenvalue weighted by atomic mass is 9.84.